The van der Waals surface area contributed by atoms with Crippen molar-refractivity contribution in [1.82, 2.24) is 15.2 Å². The molecule has 1 aliphatic rings. The normalized spacial score (nSPS) is 26.8. The molecule has 6 nitrogen and oxygen atoms in total. The average molecular weight is 297 g/mol. The molecule has 0 radical (unpaired) electrons. The molecule has 2 unspecified atom stereocenters. The number of H-pyrrole nitrogens is 1. The number of amides is 2. The fourth-order valence-electron chi connectivity index (χ4n) is 2.41. The van der Waals surface area contributed by atoms with Crippen LogP contribution in [0.1, 0.15) is 39.3 Å². The maximum absolute atomic E-state index is 12.6. The Kier molecular flexibility index (Phi) is 3.99. The van der Waals surface area contributed by atoms with Crippen LogP contribution in [0.15, 0.2) is 10.2 Å². The van der Waals surface area contributed by atoms with Gasteiger partial charge in [-0.25, -0.2) is 0 Å². The number of piperazine rings is 1. The van der Waals surface area contributed by atoms with Gasteiger partial charge in [0.05, 0.1) is 6.54 Å². The molecule has 1 saturated heterocycles. The van der Waals surface area contributed by atoms with E-state index in [0.717, 1.165) is 11.3 Å². The average Bonchev–Trinajstić information content (AvgIpc) is 2.81. The highest BCUT2D eigenvalue weighted by atomic mass is 32.1. The van der Waals surface area contributed by atoms with E-state index in [4.69, 9.17) is 0 Å². The van der Waals surface area contributed by atoms with E-state index in [1.807, 2.05) is 13.8 Å². The zero-order valence-electron chi connectivity index (χ0n) is 11.9. The number of hydrogen-bond acceptors (Lipinski definition) is 4. The number of aromatic amines is 1. The van der Waals surface area contributed by atoms with E-state index >= 15 is 0 Å². The lowest BCUT2D eigenvalue weighted by molar-refractivity contribution is -0.155. The zero-order valence-corrected chi connectivity index (χ0v) is 12.7. The van der Waals surface area contributed by atoms with Crippen LogP contribution < -0.4 is 10.2 Å². The van der Waals surface area contributed by atoms with Crippen molar-refractivity contribution < 1.29 is 9.59 Å². The third-order valence-corrected chi connectivity index (χ3v) is 4.53. The molecule has 2 heterocycles. The number of carbonyl (C=O) groups excluding carboxylic acids is 2. The fraction of sp³-hybridized carbons (Fsp3) is 0.615. The maximum atomic E-state index is 12.6. The van der Waals surface area contributed by atoms with Gasteiger partial charge in [-0.1, -0.05) is 25.2 Å². The Balaban J connectivity index is 2.31. The quantitative estimate of drug-likeness (QED) is 0.864. The Hall–Kier alpha value is -1.63. The van der Waals surface area contributed by atoms with E-state index in [9.17, 15) is 14.4 Å². The number of hydrogen-bond donors (Lipinski definition) is 2. The predicted molar refractivity (Wildman–Crippen MR) is 76.4 cm³/mol. The van der Waals surface area contributed by atoms with Gasteiger partial charge in [0.25, 0.3) is 0 Å². The summed E-state index contributed by atoms with van der Waals surface area (Å²) in [7, 11) is 0. The van der Waals surface area contributed by atoms with Gasteiger partial charge in [0.15, 0.2) is 0 Å². The Labute approximate surface area is 121 Å². The van der Waals surface area contributed by atoms with Crippen LogP contribution in [-0.2, 0) is 16.1 Å². The van der Waals surface area contributed by atoms with Gasteiger partial charge in [-0.3, -0.25) is 14.4 Å². The first kappa shape index (κ1) is 14.8. The second kappa shape index (κ2) is 5.40. The van der Waals surface area contributed by atoms with Gasteiger partial charge in [-0.2, -0.15) is 0 Å². The molecule has 20 heavy (non-hydrogen) atoms. The van der Waals surface area contributed by atoms with Crippen molar-refractivity contribution in [3.05, 3.63) is 20.7 Å². The van der Waals surface area contributed by atoms with E-state index < -0.39 is 11.6 Å². The highest BCUT2D eigenvalue weighted by Crippen LogP contribution is 2.24. The van der Waals surface area contributed by atoms with Crippen LogP contribution in [0.3, 0.4) is 0 Å². The molecule has 2 N–H and O–H groups in total. The van der Waals surface area contributed by atoms with Gasteiger partial charge in [0.2, 0.25) is 11.8 Å². The number of thiazole rings is 1. The van der Waals surface area contributed by atoms with Gasteiger partial charge < -0.3 is 15.2 Å². The number of nitrogens with zero attached hydrogens (tertiary/aromatic N) is 1. The van der Waals surface area contributed by atoms with Gasteiger partial charge in [-0.05, 0) is 19.8 Å². The monoisotopic (exact) mass is 297 g/mol. The molecule has 1 aromatic heterocycles. The number of rotatable bonds is 4. The summed E-state index contributed by atoms with van der Waals surface area (Å²) in [6.07, 6.45) is 1.08. The third kappa shape index (κ3) is 2.49. The molecule has 1 aromatic rings. The summed E-state index contributed by atoms with van der Waals surface area (Å²) in [5.74, 6) is -0.229. The standard InChI is InChI=1S/C13H19N3O3S/c1-4-9-10(17)15-13(3,5-2)11(18)16(9)6-8-7-20-12(19)14-8/h7,9H,4-6H2,1-3H3,(H,14,19)(H,15,17). The Morgan fingerprint density at radius 3 is 2.55 bits per heavy atom. The largest absolute Gasteiger partial charge is 0.340 e. The Morgan fingerprint density at radius 2 is 2.05 bits per heavy atom. The van der Waals surface area contributed by atoms with Crippen LogP contribution >= 0.6 is 11.3 Å². The minimum absolute atomic E-state index is 0.0986. The molecule has 1 fully saturated rings. The molecule has 1 aliphatic heterocycles. The third-order valence-electron chi connectivity index (χ3n) is 3.82. The topological polar surface area (TPSA) is 82.3 Å². The zero-order chi connectivity index (χ0) is 14.9. The summed E-state index contributed by atoms with van der Waals surface area (Å²) in [6, 6.07) is -0.481. The van der Waals surface area contributed by atoms with E-state index in [0.29, 0.717) is 18.5 Å². The molecule has 0 bridgehead atoms. The fourth-order valence-corrected chi connectivity index (χ4v) is 2.98. The molecular weight excluding hydrogens is 278 g/mol. The highest BCUT2D eigenvalue weighted by molar-refractivity contribution is 7.07. The van der Waals surface area contributed by atoms with Gasteiger partial charge in [0.1, 0.15) is 11.6 Å². The second-order valence-corrected chi connectivity index (χ2v) is 6.05. The summed E-state index contributed by atoms with van der Waals surface area (Å²) in [4.78, 5) is 40.1. The summed E-state index contributed by atoms with van der Waals surface area (Å²) >= 11 is 1.06. The van der Waals surface area contributed by atoms with Crippen molar-refractivity contribution in [2.24, 2.45) is 0 Å². The molecule has 0 aliphatic carbocycles. The van der Waals surface area contributed by atoms with Crippen LogP contribution in [0.2, 0.25) is 0 Å². The predicted octanol–water partition coefficient (Wildman–Crippen LogP) is 0.842. The van der Waals surface area contributed by atoms with Crippen molar-refractivity contribution in [2.45, 2.75) is 51.7 Å². The first-order valence-corrected chi connectivity index (χ1v) is 7.59. The molecule has 0 spiro atoms. The van der Waals surface area contributed by atoms with Gasteiger partial charge in [0, 0.05) is 11.1 Å². The van der Waals surface area contributed by atoms with Crippen molar-refractivity contribution in [3.8, 4) is 0 Å². The Bertz CT molecular complexity index is 579. The SMILES string of the molecule is CCC1C(=O)NC(C)(CC)C(=O)N1Cc1csc(=O)[nH]1. The van der Waals surface area contributed by atoms with Crippen LogP contribution in [0.4, 0.5) is 0 Å². The summed E-state index contributed by atoms with van der Waals surface area (Å²) in [5.41, 5.74) is -0.195. The number of nitrogens with one attached hydrogen (secondary N) is 2. The lowest BCUT2D eigenvalue weighted by Crippen LogP contribution is -2.68. The second-order valence-electron chi connectivity index (χ2n) is 5.21. The Morgan fingerprint density at radius 1 is 1.35 bits per heavy atom. The van der Waals surface area contributed by atoms with Crippen molar-refractivity contribution >= 4 is 23.2 Å². The van der Waals surface area contributed by atoms with Crippen molar-refractivity contribution in [1.29, 1.82) is 0 Å². The number of aromatic nitrogens is 1. The van der Waals surface area contributed by atoms with Crippen LogP contribution in [-0.4, -0.2) is 33.3 Å². The van der Waals surface area contributed by atoms with Gasteiger partial charge >= 0.3 is 4.87 Å². The minimum atomic E-state index is -0.862. The van der Waals surface area contributed by atoms with Crippen LogP contribution in [0.25, 0.3) is 0 Å². The van der Waals surface area contributed by atoms with Crippen LogP contribution in [0, 0.1) is 0 Å². The number of carbonyl (C=O) groups is 2. The van der Waals surface area contributed by atoms with E-state index in [1.165, 1.54) is 0 Å². The molecule has 0 saturated carbocycles. The highest BCUT2D eigenvalue weighted by Gasteiger charge is 2.46. The molecule has 0 aromatic carbocycles. The first-order valence-electron chi connectivity index (χ1n) is 6.71. The molecule has 110 valence electrons. The lowest BCUT2D eigenvalue weighted by atomic mass is 9.91. The molecule has 2 amide bonds. The van der Waals surface area contributed by atoms with Crippen molar-refractivity contribution in [2.75, 3.05) is 0 Å². The maximum Gasteiger partial charge on any atom is 0.304 e. The van der Waals surface area contributed by atoms with Crippen LogP contribution in [0.5, 0.6) is 0 Å². The van der Waals surface area contributed by atoms with E-state index in [1.54, 1.807) is 17.2 Å². The lowest BCUT2D eigenvalue weighted by Gasteiger charge is -2.43. The molecule has 2 rings (SSSR count). The molecular formula is C13H19N3O3S. The molecule has 2 atom stereocenters. The van der Waals surface area contributed by atoms with E-state index in [-0.39, 0.29) is 23.2 Å². The summed E-state index contributed by atoms with van der Waals surface area (Å²) < 4.78 is 0. The van der Waals surface area contributed by atoms with Crippen molar-refractivity contribution in [3.63, 3.8) is 0 Å². The summed E-state index contributed by atoms with van der Waals surface area (Å²) in [5, 5.41) is 4.51. The first-order chi connectivity index (χ1) is 9.41. The molecule has 7 heteroatoms. The minimum Gasteiger partial charge on any atom is -0.340 e. The smallest absolute Gasteiger partial charge is 0.304 e. The summed E-state index contributed by atoms with van der Waals surface area (Å²) in [6.45, 7) is 5.74. The van der Waals surface area contributed by atoms with Gasteiger partial charge in [-0.15, -0.1) is 0 Å². The van der Waals surface area contributed by atoms with E-state index in [2.05, 4.69) is 10.3 Å².